The first kappa shape index (κ1) is 51.3. The van der Waals surface area contributed by atoms with E-state index >= 15 is 0 Å². The van der Waals surface area contributed by atoms with Gasteiger partial charge in [0.15, 0.2) is 12.2 Å². The van der Waals surface area contributed by atoms with Gasteiger partial charge in [-0.3, -0.25) is 9.59 Å². The highest BCUT2D eigenvalue weighted by molar-refractivity contribution is 7.10. The molecule has 20 nitrogen and oxygen atoms in total. The summed E-state index contributed by atoms with van der Waals surface area (Å²) < 4.78 is 35.8. The number of nitrogens with zero attached hydrogens (tertiary/aromatic N) is 4. The average Bonchev–Trinajstić information content (AvgIpc) is 4.24. The molecule has 2 aliphatic rings. The molecule has 384 valence electrons. The summed E-state index contributed by atoms with van der Waals surface area (Å²) in [7, 11) is 2.99. The number of nitrogens with two attached hydrogens (primary N) is 4. The molecule has 6 aromatic rings. The number of hydrogen-bond donors (Lipinski definition) is 6. The van der Waals surface area contributed by atoms with Crippen LogP contribution in [0.1, 0.15) is 22.0 Å². The lowest BCUT2D eigenvalue weighted by atomic mass is 10.2. The topological polar surface area (TPSA) is 265 Å². The summed E-state index contributed by atoms with van der Waals surface area (Å²) in [6.07, 6.45) is 4.67. The maximum Gasteiger partial charge on any atom is 0.334 e. The van der Waals surface area contributed by atoms with Gasteiger partial charge in [0.2, 0.25) is 11.8 Å². The fourth-order valence-electron chi connectivity index (χ4n) is 7.84. The number of hydrogen-bond acceptors (Lipinski definition) is 20. The summed E-state index contributed by atoms with van der Waals surface area (Å²) in [5.41, 5.74) is 27.0. The number of methoxy groups -OCH3 is 2. The first-order valence-corrected chi connectivity index (χ1v) is 24.6. The van der Waals surface area contributed by atoms with Crippen LogP contribution in [0.5, 0.6) is 23.0 Å². The molecule has 4 unspecified atom stereocenters. The van der Waals surface area contributed by atoms with Crippen LogP contribution >= 0.6 is 22.7 Å². The number of thiophene rings is 2. The molecule has 0 saturated heterocycles. The van der Waals surface area contributed by atoms with Crippen molar-refractivity contribution in [3.63, 3.8) is 0 Å². The molecule has 0 aliphatic carbocycles. The number of nitrogen functional groups attached to an aromatic ring is 4. The van der Waals surface area contributed by atoms with Gasteiger partial charge in [-0.15, -0.1) is 22.7 Å². The van der Waals surface area contributed by atoms with Gasteiger partial charge in [-0.1, -0.05) is 36.4 Å². The SMILES string of the molecule is COc1ccccc1NC(=O)CN1C=CN(CC(Oc2ccc(N)cc2N)c2cccs2)C1OC(=O)/C=C\C(=O)OC1N(CC(=O)Nc2ccccc2OC)C=CN1CC(Oc1ccc(N)cc1N)c1cccs1. The van der Waals surface area contributed by atoms with Crippen LogP contribution in [0.15, 0.2) is 157 Å². The number of carbonyl (C=O) groups is 4. The van der Waals surface area contributed by atoms with E-state index in [1.807, 2.05) is 35.0 Å². The Morgan fingerprint density at radius 1 is 0.541 bits per heavy atom. The van der Waals surface area contributed by atoms with E-state index in [2.05, 4.69) is 10.6 Å². The number of esters is 2. The molecule has 0 fully saturated rings. The summed E-state index contributed by atoms with van der Waals surface area (Å²) in [5.74, 6) is -1.11. The Morgan fingerprint density at radius 2 is 0.946 bits per heavy atom. The Labute approximate surface area is 434 Å². The molecule has 2 aliphatic heterocycles. The number of amides is 2. The molecule has 0 saturated carbocycles. The van der Waals surface area contributed by atoms with Crippen LogP contribution in [0.25, 0.3) is 0 Å². The number of benzene rings is 4. The summed E-state index contributed by atoms with van der Waals surface area (Å²) in [6.45, 7) is -0.310. The standard InChI is InChI=1S/C52H54N10O10S2/c1-67-41-11-5-3-9-37(41)57-47(63)31-61-23-21-59(29-43(45-13-7-25-73-45)69-39-17-15-33(53)27-35(39)55)51(61)71-49(65)19-20-50(66)72-52-60(22-24-62(52)32-48(64)58-38-10-4-6-12-42(38)68-2)30-44(46-14-8-26-74-46)70-40-18-16-34(54)28-36(40)56/h3-28,43-44,51-52H,29-32,53-56H2,1-2H3,(H,57,63)(H,58,64)/b20-19-. The van der Waals surface area contributed by atoms with E-state index < -0.39 is 48.7 Å². The molecule has 10 N–H and O–H groups in total. The Balaban J connectivity index is 1.01. The number of nitrogens with one attached hydrogen (secondary N) is 2. The van der Waals surface area contributed by atoms with Gasteiger partial charge in [0.05, 0.1) is 50.1 Å². The number of anilines is 6. The van der Waals surface area contributed by atoms with E-state index in [0.717, 1.165) is 21.9 Å². The molecule has 8 rings (SSSR count). The number of rotatable bonds is 22. The molecule has 74 heavy (non-hydrogen) atoms. The van der Waals surface area contributed by atoms with Crippen molar-refractivity contribution in [3.8, 4) is 23.0 Å². The lowest BCUT2D eigenvalue weighted by Gasteiger charge is -2.33. The van der Waals surface area contributed by atoms with Crippen LogP contribution < -0.4 is 52.5 Å². The molecule has 22 heteroatoms. The molecular formula is C52H54N10O10S2. The smallest absolute Gasteiger partial charge is 0.334 e. The van der Waals surface area contributed by atoms with Gasteiger partial charge in [-0.25, -0.2) is 9.59 Å². The Kier molecular flexibility index (Phi) is 16.6. The van der Waals surface area contributed by atoms with Crippen molar-refractivity contribution < 1.29 is 47.6 Å². The first-order chi connectivity index (χ1) is 35.8. The maximum atomic E-state index is 13.9. The molecule has 2 aromatic heterocycles. The van der Waals surface area contributed by atoms with Crippen LogP contribution in [0.2, 0.25) is 0 Å². The molecule has 0 bridgehead atoms. The third kappa shape index (κ3) is 13.1. The van der Waals surface area contributed by atoms with Crippen LogP contribution in [-0.2, 0) is 28.7 Å². The summed E-state index contributed by atoms with van der Waals surface area (Å²) in [6, 6.07) is 31.3. The highest BCUT2D eigenvalue weighted by atomic mass is 32.1. The normalized spacial score (nSPS) is 15.7. The second kappa shape index (κ2) is 23.9. The molecule has 4 heterocycles. The van der Waals surface area contributed by atoms with Crippen molar-refractivity contribution in [3.05, 3.63) is 167 Å². The maximum absolute atomic E-state index is 13.9. The summed E-state index contributed by atoms with van der Waals surface area (Å²) in [5, 5.41) is 9.50. The Morgan fingerprint density at radius 3 is 1.32 bits per heavy atom. The summed E-state index contributed by atoms with van der Waals surface area (Å²) >= 11 is 2.90. The number of para-hydroxylation sites is 4. The van der Waals surface area contributed by atoms with Gasteiger partial charge in [0.25, 0.3) is 12.7 Å². The largest absolute Gasteiger partial charge is 0.495 e. The zero-order chi connectivity index (χ0) is 52.1. The minimum Gasteiger partial charge on any atom is -0.495 e. The van der Waals surface area contributed by atoms with E-state index in [4.69, 9.17) is 51.4 Å². The van der Waals surface area contributed by atoms with Gasteiger partial charge < -0.3 is 81.6 Å². The van der Waals surface area contributed by atoms with E-state index in [0.29, 0.717) is 57.1 Å². The van der Waals surface area contributed by atoms with Gasteiger partial charge >= 0.3 is 11.9 Å². The highest BCUT2D eigenvalue weighted by Crippen LogP contribution is 2.35. The molecule has 2 amide bonds. The second-order valence-electron chi connectivity index (χ2n) is 16.5. The number of ether oxygens (including phenoxy) is 6. The zero-order valence-electron chi connectivity index (χ0n) is 40.1. The van der Waals surface area contributed by atoms with Crippen molar-refractivity contribution in [2.75, 3.05) is 74.0 Å². The van der Waals surface area contributed by atoms with Gasteiger partial charge in [-0.2, -0.15) is 0 Å². The third-order valence-corrected chi connectivity index (χ3v) is 13.3. The van der Waals surface area contributed by atoms with E-state index in [1.165, 1.54) is 46.7 Å². The minimum absolute atomic E-state index is 0.112. The van der Waals surface area contributed by atoms with Crippen molar-refractivity contribution in [2.24, 2.45) is 0 Å². The monoisotopic (exact) mass is 1040 g/mol. The van der Waals surface area contributed by atoms with Crippen molar-refractivity contribution >= 4 is 80.6 Å². The van der Waals surface area contributed by atoms with E-state index in [1.54, 1.807) is 120 Å². The lowest BCUT2D eigenvalue weighted by molar-refractivity contribution is -0.167. The van der Waals surface area contributed by atoms with Gasteiger partial charge in [0.1, 0.15) is 36.1 Å². The van der Waals surface area contributed by atoms with E-state index in [9.17, 15) is 19.2 Å². The van der Waals surface area contributed by atoms with Crippen molar-refractivity contribution in [1.82, 2.24) is 19.6 Å². The predicted octanol–water partition coefficient (Wildman–Crippen LogP) is 6.76. The molecule has 0 radical (unpaired) electrons. The quantitative estimate of drug-likeness (QED) is 0.0233. The Hall–Kier alpha value is -9.02. The van der Waals surface area contributed by atoms with Gasteiger partial charge in [0, 0.05) is 58.1 Å². The van der Waals surface area contributed by atoms with Crippen molar-refractivity contribution in [2.45, 2.75) is 24.9 Å². The average molecular weight is 1040 g/mol. The highest BCUT2D eigenvalue weighted by Gasteiger charge is 2.36. The molecular weight excluding hydrogens is 989 g/mol. The van der Waals surface area contributed by atoms with Gasteiger partial charge in [-0.05, 0) is 83.6 Å². The summed E-state index contributed by atoms with van der Waals surface area (Å²) in [4.78, 5) is 62.9. The zero-order valence-corrected chi connectivity index (χ0v) is 41.8. The number of carbonyl (C=O) groups excluding carboxylic acids is 4. The first-order valence-electron chi connectivity index (χ1n) is 22.9. The fourth-order valence-corrected chi connectivity index (χ4v) is 9.33. The second-order valence-corrected chi connectivity index (χ2v) is 18.5. The van der Waals surface area contributed by atoms with Crippen LogP contribution in [0, 0.1) is 0 Å². The molecule has 0 spiro atoms. The fraction of sp³-hybridized carbons (Fsp3) is 0.192. The third-order valence-electron chi connectivity index (χ3n) is 11.3. The van der Waals surface area contributed by atoms with E-state index in [-0.39, 0.29) is 26.2 Å². The Bertz CT molecular complexity index is 2810. The van der Waals surface area contributed by atoms with Crippen LogP contribution in [0.4, 0.5) is 34.1 Å². The lowest BCUT2D eigenvalue weighted by Crippen LogP contribution is -2.46. The van der Waals surface area contributed by atoms with Crippen molar-refractivity contribution in [1.29, 1.82) is 0 Å². The van der Waals surface area contributed by atoms with Crippen LogP contribution in [-0.4, -0.2) is 96.5 Å². The molecule has 4 aromatic carbocycles. The predicted molar refractivity (Wildman–Crippen MR) is 283 cm³/mol. The minimum atomic E-state index is -1.21. The van der Waals surface area contributed by atoms with Crippen LogP contribution in [0.3, 0.4) is 0 Å². The molecule has 4 atom stereocenters.